The highest BCUT2D eigenvalue weighted by atomic mass is 32.2. The molecule has 0 aliphatic carbocycles. The minimum absolute atomic E-state index is 0.0413. The van der Waals surface area contributed by atoms with E-state index in [0.29, 0.717) is 18.3 Å². The van der Waals surface area contributed by atoms with Crippen LogP contribution in [0.5, 0.6) is 0 Å². The molecule has 0 unspecified atom stereocenters. The first-order chi connectivity index (χ1) is 14.5. The van der Waals surface area contributed by atoms with Gasteiger partial charge in [-0.15, -0.1) is 10.2 Å². The van der Waals surface area contributed by atoms with Crippen LogP contribution in [0.4, 0.5) is 5.69 Å². The summed E-state index contributed by atoms with van der Waals surface area (Å²) in [5.74, 6) is 1.11. The lowest BCUT2D eigenvalue weighted by Gasteiger charge is -2.26. The van der Waals surface area contributed by atoms with Crippen molar-refractivity contribution in [1.29, 1.82) is 0 Å². The molecule has 0 aliphatic rings. The highest BCUT2D eigenvalue weighted by Gasteiger charge is 2.21. The summed E-state index contributed by atoms with van der Waals surface area (Å²) in [5, 5.41) is 9.50. The van der Waals surface area contributed by atoms with Gasteiger partial charge in [-0.05, 0) is 39.0 Å². The first-order valence-electron chi connectivity index (χ1n) is 10.0. The fourth-order valence-electron chi connectivity index (χ4n) is 3.29. The summed E-state index contributed by atoms with van der Waals surface area (Å²) in [7, 11) is 1.67. The zero-order valence-corrected chi connectivity index (χ0v) is 18.7. The van der Waals surface area contributed by atoms with Gasteiger partial charge in [0.05, 0.1) is 18.9 Å². The van der Waals surface area contributed by atoms with Crippen LogP contribution >= 0.6 is 11.8 Å². The largest absolute Gasteiger partial charge is 0.383 e. The Kier molecular flexibility index (Phi) is 7.65. The van der Waals surface area contributed by atoms with Crippen LogP contribution in [0.25, 0.3) is 11.4 Å². The second kappa shape index (κ2) is 10.4. The molecule has 3 rings (SSSR count). The third-order valence-corrected chi connectivity index (χ3v) is 5.61. The molecule has 0 atom stereocenters. The van der Waals surface area contributed by atoms with Crippen molar-refractivity contribution in [3.05, 3.63) is 60.2 Å². The van der Waals surface area contributed by atoms with E-state index < -0.39 is 0 Å². The maximum atomic E-state index is 13.0. The van der Waals surface area contributed by atoms with Gasteiger partial charge in [-0.3, -0.25) is 9.36 Å². The van der Waals surface area contributed by atoms with Crippen molar-refractivity contribution in [3.63, 3.8) is 0 Å². The maximum absolute atomic E-state index is 13.0. The summed E-state index contributed by atoms with van der Waals surface area (Å²) in [6.45, 7) is 7.26. The molecule has 7 heteroatoms. The molecule has 0 saturated carbocycles. The predicted octanol–water partition coefficient (Wildman–Crippen LogP) is 4.43. The van der Waals surface area contributed by atoms with Crippen LogP contribution < -0.4 is 4.90 Å². The molecule has 0 bridgehead atoms. The van der Waals surface area contributed by atoms with E-state index in [1.807, 2.05) is 65.8 Å². The number of hydrogen-bond acceptors (Lipinski definition) is 5. The van der Waals surface area contributed by atoms with Crippen molar-refractivity contribution in [3.8, 4) is 11.4 Å². The van der Waals surface area contributed by atoms with Gasteiger partial charge < -0.3 is 9.64 Å². The Balaban J connectivity index is 1.81. The molecular formula is C23H28N4O2S. The smallest absolute Gasteiger partial charge is 0.237 e. The molecule has 0 radical (unpaired) electrons. The molecule has 1 heterocycles. The van der Waals surface area contributed by atoms with Crippen molar-refractivity contribution in [2.45, 2.75) is 38.5 Å². The number of aryl methyl sites for hydroxylation is 1. The summed E-state index contributed by atoms with van der Waals surface area (Å²) in [5.41, 5.74) is 3.07. The summed E-state index contributed by atoms with van der Waals surface area (Å²) < 4.78 is 7.30. The van der Waals surface area contributed by atoms with Crippen molar-refractivity contribution < 1.29 is 9.53 Å². The number of benzene rings is 2. The SMILES string of the molecule is COCCn1c(SCC(=O)N(c2ccccc2)C(C)C)nnc1-c1cccc(C)c1. The Hall–Kier alpha value is -2.64. The van der Waals surface area contributed by atoms with Gasteiger partial charge in [-0.25, -0.2) is 0 Å². The number of ether oxygens (including phenoxy) is 1. The van der Waals surface area contributed by atoms with E-state index in [0.717, 1.165) is 22.6 Å². The molecule has 2 aromatic carbocycles. The van der Waals surface area contributed by atoms with Gasteiger partial charge in [0, 0.05) is 24.4 Å². The number of hydrogen-bond donors (Lipinski definition) is 0. The van der Waals surface area contributed by atoms with Gasteiger partial charge in [0.25, 0.3) is 0 Å². The Labute approximate surface area is 182 Å². The summed E-state index contributed by atoms with van der Waals surface area (Å²) in [6.07, 6.45) is 0. The van der Waals surface area contributed by atoms with Gasteiger partial charge >= 0.3 is 0 Å². The third kappa shape index (κ3) is 5.29. The number of anilines is 1. The molecule has 1 amide bonds. The van der Waals surface area contributed by atoms with Crippen LogP contribution in [0, 0.1) is 6.92 Å². The van der Waals surface area contributed by atoms with Gasteiger partial charge in [-0.1, -0.05) is 53.7 Å². The number of carbonyl (C=O) groups excluding carboxylic acids is 1. The molecular weight excluding hydrogens is 396 g/mol. The summed E-state index contributed by atoms with van der Waals surface area (Å²) in [6, 6.07) is 18.0. The van der Waals surface area contributed by atoms with Gasteiger partial charge in [-0.2, -0.15) is 0 Å². The predicted molar refractivity (Wildman–Crippen MR) is 122 cm³/mol. The summed E-state index contributed by atoms with van der Waals surface area (Å²) in [4.78, 5) is 14.9. The Morgan fingerprint density at radius 1 is 1.13 bits per heavy atom. The monoisotopic (exact) mass is 424 g/mol. The number of carbonyl (C=O) groups is 1. The van der Waals surface area contributed by atoms with E-state index in [9.17, 15) is 4.79 Å². The molecule has 3 aromatic rings. The molecule has 0 fully saturated rings. The van der Waals surface area contributed by atoms with Gasteiger partial charge in [0.1, 0.15) is 0 Å². The maximum Gasteiger partial charge on any atom is 0.237 e. The number of aromatic nitrogens is 3. The average molecular weight is 425 g/mol. The van der Waals surface area contributed by atoms with E-state index in [4.69, 9.17) is 4.74 Å². The highest BCUT2D eigenvalue weighted by Crippen LogP contribution is 2.26. The number of amides is 1. The quantitative estimate of drug-likeness (QED) is 0.476. The van der Waals surface area contributed by atoms with Crippen LogP contribution in [0.15, 0.2) is 59.8 Å². The minimum Gasteiger partial charge on any atom is -0.383 e. The normalized spacial score (nSPS) is 11.1. The van der Waals surface area contributed by atoms with E-state index in [2.05, 4.69) is 29.3 Å². The number of para-hydroxylation sites is 1. The fraction of sp³-hybridized carbons (Fsp3) is 0.348. The van der Waals surface area contributed by atoms with E-state index in [1.54, 1.807) is 7.11 Å². The first kappa shape index (κ1) is 22.1. The van der Waals surface area contributed by atoms with Gasteiger partial charge in [0.15, 0.2) is 11.0 Å². The summed E-state index contributed by atoms with van der Waals surface area (Å²) >= 11 is 1.41. The van der Waals surface area contributed by atoms with Crippen LogP contribution in [0.3, 0.4) is 0 Å². The van der Waals surface area contributed by atoms with Crippen LogP contribution in [-0.2, 0) is 16.1 Å². The van der Waals surface area contributed by atoms with E-state index in [1.165, 1.54) is 11.8 Å². The Morgan fingerprint density at radius 3 is 2.57 bits per heavy atom. The number of methoxy groups -OCH3 is 1. The van der Waals surface area contributed by atoms with E-state index in [-0.39, 0.29) is 17.7 Å². The van der Waals surface area contributed by atoms with Crippen molar-refractivity contribution >= 4 is 23.4 Å². The molecule has 30 heavy (non-hydrogen) atoms. The second-order valence-electron chi connectivity index (χ2n) is 7.30. The topological polar surface area (TPSA) is 60.2 Å². The fourth-order valence-corrected chi connectivity index (χ4v) is 4.12. The first-order valence-corrected chi connectivity index (χ1v) is 11.0. The zero-order chi connectivity index (χ0) is 21.5. The highest BCUT2D eigenvalue weighted by molar-refractivity contribution is 7.99. The Morgan fingerprint density at radius 2 is 1.90 bits per heavy atom. The average Bonchev–Trinajstić information content (AvgIpc) is 3.14. The molecule has 158 valence electrons. The molecule has 0 saturated heterocycles. The van der Waals surface area contributed by atoms with Crippen molar-refractivity contribution in [2.24, 2.45) is 0 Å². The minimum atomic E-state index is 0.0413. The Bertz CT molecular complexity index is 972. The van der Waals surface area contributed by atoms with Crippen LogP contribution in [-0.4, -0.2) is 46.2 Å². The lowest BCUT2D eigenvalue weighted by atomic mass is 10.1. The second-order valence-corrected chi connectivity index (χ2v) is 8.24. The van der Waals surface area contributed by atoms with Gasteiger partial charge in [0.2, 0.25) is 5.91 Å². The zero-order valence-electron chi connectivity index (χ0n) is 17.9. The van der Waals surface area contributed by atoms with Crippen molar-refractivity contribution in [2.75, 3.05) is 24.4 Å². The number of nitrogens with zero attached hydrogens (tertiary/aromatic N) is 4. The number of thioether (sulfide) groups is 1. The van der Waals surface area contributed by atoms with E-state index >= 15 is 0 Å². The molecule has 0 aliphatic heterocycles. The molecule has 0 N–H and O–H groups in total. The molecule has 6 nitrogen and oxygen atoms in total. The number of rotatable bonds is 9. The lowest BCUT2D eigenvalue weighted by molar-refractivity contribution is -0.116. The molecule has 0 spiro atoms. The van der Waals surface area contributed by atoms with Crippen molar-refractivity contribution in [1.82, 2.24) is 14.8 Å². The third-order valence-electron chi connectivity index (χ3n) is 4.66. The standard InChI is InChI=1S/C23H28N4O2S/c1-17(2)27(20-11-6-5-7-12-20)21(28)16-30-23-25-24-22(26(23)13-14-29-4)19-10-8-9-18(3)15-19/h5-12,15,17H,13-14,16H2,1-4H3. The van der Waals surface area contributed by atoms with Crippen LogP contribution in [0.1, 0.15) is 19.4 Å². The lowest BCUT2D eigenvalue weighted by Crippen LogP contribution is -2.38. The molecule has 1 aromatic heterocycles. The van der Waals surface area contributed by atoms with Crippen LogP contribution in [0.2, 0.25) is 0 Å².